The third-order valence-corrected chi connectivity index (χ3v) is 5.45. The Morgan fingerprint density at radius 3 is 3.00 bits per heavy atom. The Bertz CT molecular complexity index is 576. The molecule has 130 valence electrons. The Morgan fingerprint density at radius 2 is 2.25 bits per heavy atom. The van der Waals surface area contributed by atoms with Gasteiger partial charge in [0.05, 0.1) is 37.2 Å². The van der Waals surface area contributed by atoms with Gasteiger partial charge in [-0.25, -0.2) is 0 Å². The number of hydrogen-bond donors (Lipinski definition) is 1. The summed E-state index contributed by atoms with van der Waals surface area (Å²) in [5.41, 5.74) is 0.910. The molecule has 0 bridgehead atoms. The minimum atomic E-state index is -0.297. The Morgan fingerprint density at radius 1 is 1.38 bits per heavy atom. The zero-order chi connectivity index (χ0) is 16.5. The van der Waals surface area contributed by atoms with Crippen LogP contribution in [0.1, 0.15) is 31.4 Å². The van der Waals surface area contributed by atoms with Crippen LogP contribution in [-0.2, 0) is 20.9 Å². The number of ether oxygens (including phenoxy) is 2. The quantitative estimate of drug-likeness (QED) is 0.895. The largest absolute Gasteiger partial charge is 0.393 e. The molecule has 1 N–H and O–H groups in total. The van der Waals surface area contributed by atoms with Gasteiger partial charge < -0.3 is 19.5 Å². The summed E-state index contributed by atoms with van der Waals surface area (Å²) in [6, 6.07) is 5.90. The molecule has 1 aromatic rings. The molecule has 1 aromatic heterocycles. The van der Waals surface area contributed by atoms with Gasteiger partial charge in [0.1, 0.15) is 6.10 Å². The predicted octanol–water partition coefficient (Wildman–Crippen LogP) is 1.13. The van der Waals surface area contributed by atoms with Crippen molar-refractivity contribution in [1.82, 2.24) is 9.88 Å². The standard InChI is InChI=1S/C18H24N2O4/c21-14-9-12(10-14)18(22)20-7-8-23-17-15(20)4-5-16(17)24-11-13-3-1-2-6-19-13/h1-3,6,12,14-17,21H,4-5,7-11H2/t12?,14?,15-,16-,17+/m0/s1. The Labute approximate surface area is 141 Å². The fourth-order valence-corrected chi connectivity index (χ4v) is 4.07. The number of aromatic nitrogens is 1. The summed E-state index contributed by atoms with van der Waals surface area (Å²) < 4.78 is 12.0. The van der Waals surface area contributed by atoms with Gasteiger partial charge in [-0.2, -0.15) is 0 Å². The Balaban J connectivity index is 1.36. The van der Waals surface area contributed by atoms with Crippen LogP contribution in [0.2, 0.25) is 0 Å². The summed E-state index contributed by atoms with van der Waals surface area (Å²) in [4.78, 5) is 18.9. The zero-order valence-electron chi connectivity index (χ0n) is 13.7. The molecule has 3 aliphatic rings. The first kappa shape index (κ1) is 16.0. The van der Waals surface area contributed by atoms with Gasteiger partial charge in [-0.1, -0.05) is 6.07 Å². The number of rotatable bonds is 4. The van der Waals surface area contributed by atoms with E-state index in [1.165, 1.54) is 0 Å². The normalized spacial score (nSPS) is 35.4. The van der Waals surface area contributed by atoms with Crippen LogP contribution in [0, 0.1) is 5.92 Å². The first-order valence-electron chi connectivity index (χ1n) is 8.84. The molecule has 24 heavy (non-hydrogen) atoms. The van der Waals surface area contributed by atoms with E-state index in [2.05, 4.69) is 4.98 Å². The van der Waals surface area contributed by atoms with E-state index in [0.29, 0.717) is 32.6 Å². The highest BCUT2D eigenvalue weighted by molar-refractivity contribution is 5.80. The van der Waals surface area contributed by atoms with Gasteiger partial charge in [0.2, 0.25) is 5.91 Å². The van der Waals surface area contributed by atoms with Gasteiger partial charge in [0.15, 0.2) is 0 Å². The fourth-order valence-electron chi connectivity index (χ4n) is 4.07. The monoisotopic (exact) mass is 332 g/mol. The number of carbonyl (C=O) groups excluding carboxylic acids is 1. The highest BCUT2D eigenvalue weighted by Crippen LogP contribution is 2.36. The molecule has 2 aliphatic carbocycles. The number of amides is 1. The highest BCUT2D eigenvalue weighted by atomic mass is 16.5. The van der Waals surface area contributed by atoms with Crippen LogP contribution in [0.5, 0.6) is 0 Å². The molecular weight excluding hydrogens is 308 g/mol. The number of carbonyl (C=O) groups is 1. The van der Waals surface area contributed by atoms with E-state index in [1.54, 1.807) is 6.20 Å². The van der Waals surface area contributed by atoms with Crippen molar-refractivity contribution in [3.8, 4) is 0 Å². The number of fused-ring (bicyclic) bond motifs is 1. The first-order valence-corrected chi connectivity index (χ1v) is 8.84. The van der Waals surface area contributed by atoms with Gasteiger partial charge in [-0.3, -0.25) is 9.78 Å². The molecule has 1 aliphatic heterocycles. The van der Waals surface area contributed by atoms with Crippen molar-refractivity contribution in [2.24, 2.45) is 5.92 Å². The summed E-state index contributed by atoms with van der Waals surface area (Å²) in [6.07, 6.45) is 4.46. The molecule has 0 radical (unpaired) electrons. The van der Waals surface area contributed by atoms with Crippen LogP contribution in [-0.4, -0.2) is 58.4 Å². The number of morpholine rings is 1. The van der Waals surface area contributed by atoms with Gasteiger partial charge in [-0.15, -0.1) is 0 Å². The summed E-state index contributed by atoms with van der Waals surface area (Å²) in [5, 5.41) is 9.45. The minimum Gasteiger partial charge on any atom is -0.393 e. The zero-order valence-corrected chi connectivity index (χ0v) is 13.7. The van der Waals surface area contributed by atoms with Crippen molar-refractivity contribution in [2.45, 2.75) is 56.6 Å². The molecule has 3 fully saturated rings. The lowest BCUT2D eigenvalue weighted by atomic mass is 9.81. The van der Waals surface area contributed by atoms with E-state index >= 15 is 0 Å². The number of aliphatic hydroxyl groups is 1. The molecule has 2 saturated carbocycles. The fraction of sp³-hybridized carbons (Fsp3) is 0.667. The van der Waals surface area contributed by atoms with Crippen molar-refractivity contribution in [3.63, 3.8) is 0 Å². The van der Waals surface area contributed by atoms with Crippen LogP contribution >= 0.6 is 0 Å². The van der Waals surface area contributed by atoms with Crippen LogP contribution in [0.3, 0.4) is 0 Å². The third kappa shape index (κ3) is 3.06. The molecule has 6 nitrogen and oxygen atoms in total. The van der Waals surface area contributed by atoms with E-state index in [1.807, 2.05) is 23.1 Å². The maximum Gasteiger partial charge on any atom is 0.226 e. The van der Waals surface area contributed by atoms with E-state index in [4.69, 9.17) is 9.47 Å². The third-order valence-electron chi connectivity index (χ3n) is 5.45. The number of nitrogens with zero attached hydrogens (tertiary/aromatic N) is 2. The lowest BCUT2D eigenvalue weighted by molar-refractivity contribution is -0.161. The van der Waals surface area contributed by atoms with Gasteiger partial charge in [0, 0.05) is 18.7 Å². The van der Waals surface area contributed by atoms with Crippen molar-refractivity contribution in [1.29, 1.82) is 0 Å². The number of pyridine rings is 1. The maximum atomic E-state index is 12.7. The van der Waals surface area contributed by atoms with Crippen LogP contribution < -0.4 is 0 Å². The van der Waals surface area contributed by atoms with Gasteiger partial charge >= 0.3 is 0 Å². The van der Waals surface area contributed by atoms with E-state index in [-0.39, 0.29) is 36.2 Å². The molecule has 1 amide bonds. The van der Waals surface area contributed by atoms with E-state index in [0.717, 1.165) is 18.5 Å². The van der Waals surface area contributed by atoms with Crippen molar-refractivity contribution in [3.05, 3.63) is 30.1 Å². The molecule has 0 aromatic carbocycles. The molecular formula is C18H24N2O4. The maximum absolute atomic E-state index is 12.7. The minimum absolute atomic E-state index is 0.00719. The molecule has 0 unspecified atom stereocenters. The lowest BCUT2D eigenvalue weighted by Gasteiger charge is -2.43. The second-order valence-corrected chi connectivity index (χ2v) is 7.00. The lowest BCUT2D eigenvalue weighted by Crippen LogP contribution is -2.56. The van der Waals surface area contributed by atoms with E-state index in [9.17, 15) is 9.90 Å². The SMILES string of the molecule is O=C(C1CC(O)C1)N1CCO[C@H]2[C@@H](OCc3ccccn3)CC[C@@H]21. The molecule has 3 atom stereocenters. The highest BCUT2D eigenvalue weighted by Gasteiger charge is 2.47. The number of hydrogen-bond acceptors (Lipinski definition) is 5. The van der Waals surface area contributed by atoms with Crippen LogP contribution in [0.15, 0.2) is 24.4 Å². The van der Waals surface area contributed by atoms with Crippen LogP contribution in [0.25, 0.3) is 0 Å². The second-order valence-electron chi connectivity index (χ2n) is 7.00. The van der Waals surface area contributed by atoms with Crippen molar-refractivity contribution >= 4 is 5.91 Å². The van der Waals surface area contributed by atoms with Crippen LogP contribution in [0.4, 0.5) is 0 Å². The Hall–Kier alpha value is -1.50. The second kappa shape index (κ2) is 6.78. The number of aliphatic hydroxyl groups excluding tert-OH is 1. The topological polar surface area (TPSA) is 71.9 Å². The summed E-state index contributed by atoms with van der Waals surface area (Å²) in [7, 11) is 0. The van der Waals surface area contributed by atoms with Crippen molar-refractivity contribution in [2.75, 3.05) is 13.2 Å². The average Bonchev–Trinajstić information content (AvgIpc) is 3.01. The van der Waals surface area contributed by atoms with Crippen molar-refractivity contribution < 1.29 is 19.4 Å². The molecule has 0 spiro atoms. The average molecular weight is 332 g/mol. The molecule has 6 heteroatoms. The van der Waals surface area contributed by atoms with Gasteiger partial charge in [-0.05, 0) is 37.8 Å². The summed E-state index contributed by atoms with van der Waals surface area (Å²) >= 11 is 0. The predicted molar refractivity (Wildman–Crippen MR) is 86.0 cm³/mol. The summed E-state index contributed by atoms with van der Waals surface area (Å²) in [5.74, 6) is 0.177. The summed E-state index contributed by atoms with van der Waals surface area (Å²) in [6.45, 7) is 1.69. The smallest absolute Gasteiger partial charge is 0.226 e. The first-order chi connectivity index (χ1) is 11.7. The molecule has 4 rings (SSSR count). The van der Waals surface area contributed by atoms with Gasteiger partial charge in [0.25, 0.3) is 0 Å². The van der Waals surface area contributed by atoms with E-state index < -0.39 is 0 Å². The Kier molecular flexibility index (Phi) is 4.52. The molecule has 1 saturated heterocycles. The molecule has 2 heterocycles.